The minimum atomic E-state index is 0.150. The fourth-order valence-corrected chi connectivity index (χ4v) is 2.44. The summed E-state index contributed by atoms with van der Waals surface area (Å²) in [5.74, 6) is 0.823. The average Bonchev–Trinajstić information content (AvgIpc) is 2.38. The van der Waals surface area contributed by atoms with Crippen molar-refractivity contribution in [2.45, 2.75) is 65.2 Å². The number of rotatable bonds is 7. The average molecular weight is 254 g/mol. The Morgan fingerprint density at radius 1 is 1.06 bits per heavy atom. The van der Waals surface area contributed by atoms with Gasteiger partial charge in [-0.25, -0.2) is 4.79 Å². The van der Waals surface area contributed by atoms with Crippen LogP contribution in [0.15, 0.2) is 0 Å². The lowest BCUT2D eigenvalue weighted by Crippen LogP contribution is -2.43. The predicted molar refractivity (Wildman–Crippen MR) is 76.7 cm³/mol. The summed E-state index contributed by atoms with van der Waals surface area (Å²) in [6, 6.07) is 0.150. The molecule has 3 heteroatoms. The minimum Gasteiger partial charge on any atom is -0.338 e. The molecule has 18 heavy (non-hydrogen) atoms. The van der Waals surface area contributed by atoms with Crippen LogP contribution in [0.4, 0.5) is 4.79 Å². The fraction of sp³-hybridized carbons (Fsp3) is 0.933. The highest BCUT2D eigenvalue weighted by atomic mass is 16.2. The van der Waals surface area contributed by atoms with E-state index in [1.54, 1.807) is 0 Å². The van der Waals surface area contributed by atoms with E-state index < -0.39 is 0 Å². The highest BCUT2D eigenvalue weighted by Crippen LogP contribution is 2.10. The van der Waals surface area contributed by atoms with E-state index in [-0.39, 0.29) is 6.03 Å². The largest absolute Gasteiger partial charge is 0.338 e. The highest BCUT2D eigenvalue weighted by molar-refractivity contribution is 5.74. The number of unbranched alkanes of at least 4 members (excludes halogenated alkanes) is 3. The fourth-order valence-electron chi connectivity index (χ4n) is 2.44. The molecule has 0 unspecified atom stereocenters. The van der Waals surface area contributed by atoms with Crippen molar-refractivity contribution in [3.63, 3.8) is 0 Å². The molecule has 106 valence electrons. The van der Waals surface area contributed by atoms with Crippen LogP contribution < -0.4 is 5.32 Å². The molecule has 1 aliphatic heterocycles. The van der Waals surface area contributed by atoms with E-state index in [0.717, 1.165) is 32.0 Å². The first-order chi connectivity index (χ1) is 8.70. The Kier molecular flexibility index (Phi) is 7.86. The number of nitrogens with one attached hydrogen (secondary N) is 1. The van der Waals surface area contributed by atoms with Crippen LogP contribution in [0.3, 0.4) is 0 Å². The molecule has 0 aromatic heterocycles. The van der Waals surface area contributed by atoms with Gasteiger partial charge in [0.25, 0.3) is 0 Å². The van der Waals surface area contributed by atoms with Crippen LogP contribution in [-0.4, -0.2) is 30.6 Å². The third-order valence-electron chi connectivity index (χ3n) is 3.63. The number of hydrogen-bond acceptors (Lipinski definition) is 1. The number of carbonyl (C=O) groups excluding carboxylic acids is 1. The zero-order valence-electron chi connectivity index (χ0n) is 12.2. The second-order valence-electron chi connectivity index (χ2n) is 5.88. The molecular weight excluding hydrogens is 224 g/mol. The summed E-state index contributed by atoms with van der Waals surface area (Å²) in [4.78, 5) is 13.8. The van der Waals surface area contributed by atoms with Gasteiger partial charge in [-0.1, -0.05) is 39.5 Å². The molecule has 0 bridgehead atoms. The van der Waals surface area contributed by atoms with Crippen LogP contribution in [-0.2, 0) is 0 Å². The Bertz CT molecular complexity index is 223. The first-order valence-electron chi connectivity index (χ1n) is 7.73. The number of amides is 2. The number of nitrogens with zero attached hydrogens (tertiary/aromatic N) is 1. The lowest BCUT2D eigenvalue weighted by atomic mass is 10.0. The third kappa shape index (κ3) is 6.87. The molecule has 0 spiro atoms. The zero-order chi connectivity index (χ0) is 13.2. The van der Waals surface area contributed by atoms with Gasteiger partial charge in [0, 0.05) is 19.6 Å². The second kappa shape index (κ2) is 9.23. The first kappa shape index (κ1) is 15.3. The maximum Gasteiger partial charge on any atom is 0.317 e. The predicted octanol–water partition coefficient (Wildman–Crippen LogP) is 3.79. The van der Waals surface area contributed by atoms with Crippen molar-refractivity contribution in [1.82, 2.24) is 10.2 Å². The summed E-state index contributed by atoms with van der Waals surface area (Å²) < 4.78 is 0. The van der Waals surface area contributed by atoms with Crippen molar-refractivity contribution < 1.29 is 4.79 Å². The van der Waals surface area contributed by atoms with Crippen LogP contribution in [0.2, 0.25) is 0 Å². The van der Waals surface area contributed by atoms with Gasteiger partial charge in [0.2, 0.25) is 0 Å². The normalized spacial score (nSPS) is 16.1. The SMILES string of the molecule is CC(C)CCCCCCNC(=O)N1CCCCC1. The summed E-state index contributed by atoms with van der Waals surface area (Å²) in [7, 11) is 0. The van der Waals surface area contributed by atoms with E-state index in [2.05, 4.69) is 19.2 Å². The third-order valence-corrected chi connectivity index (χ3v) is 3.63. The molecule has 0 radical (unpaired) electrons. The Balaban J connectivity index is 1.92. The van der Waals surface area contributed by atoms with E-state index in [1.165, 1.54) is 44.9 Å². The van der Waals surface area contributed by atoms with Gasteiger partial charge >= 0.3 is 6.03 Å². The molecule has 1 fully saturated rings. The van der Waals surface area contributed by atoms with E-state index in [4.69, 9.17) is 0 Å². The van der Waals surface area contributed by atoms with E-state index >= 15 is 0 Å². The summed E-state index contributed by atoms with van der Waals surface area (Å²) in [6.45, 7) is 7.29. The van der Waals surface area contributed by atoms with Crippen molar-refractivity contribution in [3.05, 3.63) is 0 Å². The van der Waals surface area contributed by atoms with Gasteiger partial charge in [0.1, 0.15) is 0 Å². The number of piperidine rings is 1. The molecule has 0 aliphatic carbocycles. The maximum absolute atomic E-state index is 11.8. The van der Waals surface area contributed by atoms with Gasteiger partial charge in [-0.2, -0.15) is 0 Å². The van der Waals surface area contributed by atoms with E-state index in [9.17, 15) is 4.79 Å². The molecule has 0 aromatic rings. The minimum absolute atomic E-state index is 0.150. The Morgan fingerprint density at radius 3 is 2.39 bits per heavy atom. The van der Waals surface area contributed by atoms with Gasteiger partial charge in [0.05, 0.1) is 0 Å². The second-order valence-corrected chi connectivity index (χ2v) is 5.88. The standard InChI is InChI=1S/C15H30N2O/c1-14(2)10-6-3-4-7-11-16-15(18)17-12-8-5-9-13-17/h14H,3-13H2,1-2H3,(H,16,18). The maximum atomic E-state index is 11.8. The summed E-state index contributed by atoms with van der Waals surface area (Å²) >= 11 is 0. The monoisotopic (exact) mass is 254 g/mol. The van der Waals surface area contributed by atoms with E-state index in [1.807, 2.05) is 4.90 Å². The lowest BCUT2D eigenvalue weighted by Gasteiger charge is -2.26. The van der Waals surface area contributed by atoms with Gasteiger partial charge in [-0.3, -0.25) is 0 Å². The first-order valence-corrected chi connectivity index (χ1v) is 7.73. The van der Waals surface area contributed by atoms with Crippen LogP contribution in [0.1, 0.15) is 65.2 Å². The molecule has 0 aromatic carbocycles. The number of hydrogen-bond donors (Lipinski definition) is 1. The number of carbonyl (C=O) groups is 1. The molecular formula is C15H30N2O. The highest BCUT2D eigenvalue weighted by Gasteiger charge is 2.15. The quantitative estimate of drug-likeness (QED) is 0.689. The van der Waals surface area contributed by atoms with Gasteiger partial charge < -0.3 is 10.2 Å². The topological polar surface area (TPSA) is 32.3 Å². The molecule has 0 atom stereocenters. The molecule has 0 saturated carbocycles. The summed E-state index contributed by atoms with van der Waals surface area (Å²) in [5.41, 5.74) is 0. The summed E-state index contributed by atoms with van der Waals surface area (Å²) in [6.07, 6.45) is 9.95. The molecule has 1 saturated heterocycles. The Morgan fingerprint density at radius 2 is 1.72 bits per heavy atom. The van der Waals surface area contributed by atoms with Crippen LogP contribution in [0, 0.1) is 5.92 Å². The van der Waals surface area contributed by atoms with E-state index in [0.29, 0.717) is 0 Å². The zero-order valence-corrected chi connectivity index (χ0v) is 12.2. The van der Waals surface area contributed by atoms with Crippen molar-refractivity contribution >= 4 is 6.03 Å². The van der Waals surface area contributed by atoms with Crippen molar-refractivity contribution in [3.8, 4) is 0 Å². The molecule has 1 aliphatic rings. The van der Waals surface area contributed by atoms with Gasteiger partial charge in [0.15, 0.2) is 0 Å². The van der Waals surface area contributed by atoms with Crippen LogP contribution in [0.5, 0.6) is 0 Å². The Hall–Kier alpha value is -0.730. The number of urea groups is 1. The van der Waals surface area contributed by atoms with Crippen molar-refractivity contribution in [2.24, 2.45) is 5.92 Å². The van der Waals surface area contributed by atoms with Gasteiger partial charge in [-0.15, -0.1) is 0 Å². The molecule has 3 nitrogen and oxygen atoms in total. The smallest absolute Gasteiger partial charge is 0.317 e. The van der Waals surface area contributed by atoms with Crippen LogP contribution >= 0.6 is 0 Å². The molecule has 1 rings (SSSR count). The molecule has 1 N–H and O–H groups in total. The van der Waals surface area contributed by atoms with Crippen molar-refractivity contribution in [2.75, 3.05) is 19.6 Å². The van der Waals surface area contributed by atoms with Crippen LogP contribution in [0.25, 0.3) is 0 Å². The number of likely N-dealkylation sites (tertiary alicyclic amines) is 1. The van der Waals surface area contributed by atoms with Crippen molar-refractivity contribution in [1.29, 1.82) is 0 Å². The van der Waals surface area contributed by atoms with Gasteiger partial charge in [-0.05, 0) is 31.6 Å². The Labute approximate surface area is 112 Å². The molecule has 2 amide bonds. The molecule has 1 heterocycles. The summed E-state index contributed by atoms with van der Waals surface area (Å²) in [5, 5.41) is 3.04. The lowest BCUT2D eigenvalue weighted by molar-refractivity contribution is 0.186.